The fraction of sp³-hybridized carbons (Fsp3) is 0.625. The van der Waals surface area contributed by atoms with Crippen molar-refractivity contribution in [1.82, 2.24) is 4.90 Å². The lowest BCUT2D eigenvalue weighted by molar-refractivity contribution is 0.153. The summed E-state index contributed by atoms with van der Waals surface area (Å²) in [6, 6.07) is 6.33. The van der Waals surface area contributed by atoms with E-state index in [9.17, 15) is 0 Å². The molecule has 1 aromatic rings. The second kappa shape index (κ2) is 6.95. The fourth-order valence-corrected chi connectivity index (χ4v) is 2.98. The molecule has 0 amide bonds. The third-order valence-electron chi connectivity index (χ3n) is 4.16. The number of ether oxygens (including phenoxy) is 2. The topological polar surface area (TPSA) is 47.7 Å². The van der Waals surface area contributed by atoms with E-state index in [2.05, 4.69) is 17.9 Å². The van der Waals surface area contributed by atoms with Crippen molar-refractivity contribution in [3.8, 4) is 11.5 Å². The molecule has 0 aliphatic carbocycles. The lowest BCUT2D eigenvalue weighted by atomic mass is 9.92. The van der Waals surface area contributed by atoms with Gasteiger partial charge in [-0.3, -0.25) is 4.90 Å². The summed E-state index contributed by atoms with van der Waals surface area (Å²) in [6.07, 6.45) is 2.46. The maximum atomic E-state index is 6.05. The molecule has 2 unspecified atom stereocenters. The van der Waals surface area contributed by atoms with Crippen molar-refractivity contribution in [1.29, 1.82) is 0 Å². The van der Waals surface area contributed by atoms with Crippen molar-refractivity contribution in [3.05, 3.63) is 23.8 Å². The van der Waals surface area contributed by atoms with E-state index in [4.69, 9.17) is 15.2 Å². The molecule has 0 saturated carbocycles. The number of para-hydroxylation sites is 1. The van der Waals surface area contributed by atoms with Crippen LogP contribution in [0.4, 0.5) is 0 Å². The molecule has 2 atom stereocenters. The third-order valence-corrected chi connectivity index (χ3v) is 4.16. The average Bonchev–Trinajstić information content (AvgIpc) is 2.47. The van der Waals surface area contributed by atoms with Gasteiger partial charge in [-0.25, -0.2) is 0 Å². The van der Waals surface area contributed by atoms with Gasteiger partial charge in [0, 0.05) is 24.7 Å². The molecule has 1 aromatic carbocycles. The van der Waals surface area contributed by atoms with E-state index in [1.165, 1.54) is 18.4 Å². The highest BCUT2D eigenvalue weighted by Crippen LogP contribution is 2.32. The highest BCUT2D eigenvalue weighted by atomic mass is 16.5. The maximum Gasteiger partial charge on any atom is 0.165 e. The highest BCUT2D eigenvalue weighted by molar-refractivity contribution is 5.46. The van der Waals surface area contributed by atoms with E-state index in [1.54, 1.807) is 14.2 Å². The molecule has 1 saturated heterocycles. The van der Waals surface area contributed by atoms with Gasteiger partial charge in [-0.2, -0.15) is 0 Å². The molecule has 1 aliphatic rings. The number of rotatable bonds is 5. The highest BCUT2D eigenvalue weighted by Gasteiger charge is 2.23. The second-order valence-electron chi connectivity index (χ2n) is 5.65. The van der Waals surface area contributed by atoms with E-state index in [1.807, 2.05) is 12.1 Å². The summed E-state index contributed by atoms with van der Waals surface area (Å²) >= 11 is 0. The summed E-state index contributed by atoms with van der Waals surface area (Å²) in [5, 5.41) is 0. The first-order valence-corrected chi connectivity index (χ1v) is 7.33. The first-order valence-electron chi connectivity index (χ1n) is 7.33. The quantitative estimate of drug-likeness (QED) is 0.897. The fourth-order valence-electron chi connectivity index (χ4n) is 2.98. The zero-order valence-corrected chi connectivity index (χ0v) is 12.8. The minimum atomic E-state index is 0.269. The van der Waals surface area contributed by atoms with E-state index in [0.29, 0.717) is 5.92 Å². The van der Waals surface area contributed by atoms with E-state index in [-0.39, 0.29) is 6.04 Å². The van der Waals surface area contributed by atoms with Crippen molar-refractivity contribution in [3.63, 3.8) is 0 Å². The van der Waals surface area contributed by atoms with E-state index in [0.717, 1.165) is 31.1 Å². The molecule has 2 N–H and O–H groups in total. The molecule has 4 heteroatoms. The van der Waals surface area contributed by atoms with Crippen LogP contribution in [0, 0.1) is 5.92 Å². The van der Waals surface area contributed by atoms with E-state index < -0.39 is 0 Å². The molecule has 0 aromatic heterocycles. The van der Waals surface area contributed by atoms with Crippen molar-refractivity contribution >= 4 is 0 Å². The van der Waals surface area contributed by atoms with Gasteiger partial charge in [0.1, 0.15) is 0 Å². The molecule has 2 rings (SSSR count). The standard InChI is InChI=1S/C16H26N2O2/c1-12(17)13-7-5-9-18(10-13)11-14-6-4-8-15(19-2)16(14)20-3/h4,6,8,12-13H,5,7,9-11,17H2,1-3H3. The van der Waals surface area contributed by atoms with Crippen LogP contribution in [-0.4, -0.2) is 38.3 Å². The molecule has 0 radical (unpaired) electrons. The Morgan fingerprint density at radius 3 is 2.80 bits per heavy atom. The van der Waals surface area contributed by atoms with Gasteiger partial charge in [-0.1, -0.05) is 12.1 Å². The van der Waals surface area contributed by atoms with Gasteiger partial charge in [-0.05, 0) is 38.3 Å². The Bertz CT molecular complexity index is 434. The summed E-state index contributed by atoms with van der Waals surface area (Å²) in [7, 11) is 3.37. The SMILES string of the molecule is COc1cccc(CN2CCCC(C(C)N)C2)c1OC. The van der Waals surface area contributed by atoms with Crippen LogP contribution in [0.2, 0.25) is 0 Å². The van der Waals surface area contributed by atoms with Crippen LogP contribution >= 0.6 is 0 Å². The van der Waals surface area contributed by atoms with Gasteiger partial charge in [-0.15, -0.1) is 0 Å². The summed E-state index contributed by atoms with van der Waals surface area (Å²) in [5.41, 5.74) is 7.23. The van der Waals surface area contributed by atoms with Gasteiger partial charge < -0.3 is 15.2 Å². The Morgan fingerprint density at radius 2 is 2.15 bits per heavy atom. The number of nitrogens with two attached hydrogens (primary N) is 1. The monoisotopic (exact) mass is 278 g/mol. The second-order valence-corrected chi connectivity index (χ2v) is 5.65. The molecule has 0 bridgehead atoms. The zero-order chi connectivity index (χ0) is 14.5. The Kier molecular flexibility index (Phi) is 5.26. The normalized spacial score (nSPS) is 21.5. The lowest BCUT2D eigenvalue weighted by Crippen LogP contribution is -2.41. The first kappa shape index (κ1) is 15.1. The molecular weight excluding hydrogens is 252 g/mol. The minimum absolute atomic E-state index is 0.269. The summed E-state index contributed by atoms with van der Waals surface area (Å²) in [4.78, 5) is 2.47. The van der Waals surface area contributed by atoms with Crippen molar-refractivity contribution < 1.29 is 9.47 Å². The van der Waals surface area contributed by atoms with Gasteiger partial charge >= 0.3 is 0 Å². The van der Waals surface area contributed by atoms with Crippen molar-refractivity contribution in [2.75, 3.05) is 27.3 Å². The smallest absolute Gasteiger partial charge is 0.165 e. The average molecular weight is 278 g/mol. The molecule has 1 fully saturated rings. The summed E-state index contributed by atoms with van der Waals surface area (Å²) < 4.78 is 10.9. The summed E-state index contributed by atoms with van der Waals surface area (Å²) in [6.45, 7) is 5.20. The Morgan fingerprint density at radius 1 is 1.35 bits per heavy atom. The predicted octanol–water partition coefficient (Wildman–Crippen LogP) is 2.26. The van der Waals surface area contributed by atoms with Crippen molar-refractivity contribution in [2.24, 2.45) is 11.7 Å². The number of hydrogen-bond acceptors (Lipinski definition) is 4. The van der Waals surface area contributed by atoms with Crippen LogP contribution in [0.1, 0.15) is 25.3 Å². The molecule has 4 nitrogen and oxygen atoms in total. The number of likely N-dealkylation sites (tertiary alicyclic amines) is 1. The number of benzene rings is 1. The Balaban J connectivity index is 2.09. The van der Waals surface area contributed by atoms with Gasteiger partial charge in [0.2, 0.25) is 0 Å². The van der Waals surface area contributed by atoms with Crippen LogP contribution in [0.3, 0.4) is 0 Å². The minimum Gasteiger partial charge on any atom is -0.493 e. The number of piperidine rings is 1. The Labute approximate surface area is 121 Å². The van der Waals surface area contributed by atoms with Gasteiger partial charge in [0.25, 0.3) is 0 Å². The third kappa shape index (κ3) is 3.44. The number of nitrogens with zero attached hydrogens (tertiary/aromatic N) is 1. The van der Waals surface area contributed by atoms with Gasteiger partial charge in [0.15, 0.2) is 11.5 Å². The van der Waals surface area contributed by atoms with E-state index >= 15 is 0 Å². The zero-order valence-electron chi connectivity index (χ0n) is 12.8. The number of hydrogen-bond donors (Lipinski definition) is 1. The molecule has 0 spiro atoms. The molecule has 112 valence electrons. The lowest BCUT2D eigenvalue weighted by Gasteiger charge is -2.34. The van der Waals surface area contributed by atoms with Crippen LogP contribution < -0.4 is 15.2 Å². The molecule has 1 heterocycles. The molecule has 20 heavy (non-hydrogen) atoms. The van der Waals surface area contributed by atoms with Crippen molar-refractivity contribution in [2.45, 2.75) is 32.4 Å². The molecule has 1 aliphatic heterocycles. The van der Waals surface area contributed by atoms with Crippen LogP contribution in [0.25, 0.3) is 0 Å². The summed E-state index contributed by atoms with van der Waals surface area (Å²) in [5.74, 6) is 2.24. The van der Waals surface area contributed by atoms with Gasteiger partial charge in [0.05, 0.1) is 14.2 Å². The predicted molar refractivity (Wildman–Crippen MR) is 81.2 cm³/mol. The largest absolute Gasteiger partial charge is 0.493 e. The Hall–Kier alpha value is -1.26. The first-order chi connectivity index (χ1) is 9.65. The van der Waals surface area contributed by atoms with Crippen LogP contribution in [0.5, 0.6) is 11.5 Å². The maximum absolute atomic E-state index is 6.05. The number of methoxy groups -OCH3 is 2. The van der Waals surface area contributed by atoms with Crippen LogP contribution in [-0.2, 0) is 6.54 Å². The molecular formula is C16H26N2O2. The van der Waals surface area contributed by atoms with Crippen LogP contribution in [0.15, 0.2) is 18.2 Å².